The second kappa shape index (κ2) is 12.8. The van der Waals surface area contributed by atoms with Crippen molar-refractivity contribution >= 4 is 103 Å². The first-order chi connectivity index (χ1) is 25.6. The second-order valence-electron chi connectivity index (χ2n) is 14.9. The molecular weight excluding hydrogens is 690 g/mol. The minimum absolute atomic E-state index is 0.306. The third-order valence-corrected chi connectivity index (χ3v) is 19.5. The molecule has 53 heavy (non-hydrogen) atoms. The molecule has 264 valence electrons. The van der Waals surface area contributed by atoms with Crippen LogP contribution in [0.2, 0.25) is 0 Å². The van der Waals surface area contributed by atoms with Gasteiger partial charge in [-0.1, -0.05) is 0 Å². The zero-order valence-electron chi connectivity index (χ0n) is 31.1. The molecule has 10 heteroatoms. The molecule has 1 aliphatic heterocycles. The van der Waals surface area contributed by atoms with Crippen LogP contribution in [0.15, 0.2) is 110 Å². The number of nitrogens with zero attached hydrogens (tertiary/aromatic N) is 8. The van der Waals surface area contributed by atoms with E-state index in [2.05, 4.69) is 129 Å². The van der Waals surface area contributed by atoms with Crippen molar-refractivity contribution < 1.29 is 0 Å². The Kier molecular flexibility index (Phi) is 8.10. The molecule has 8 nitrogen and oxygen atoms in total. The van der Waals surface area contributed by atoms with Crippen molar-refractivity contribution in [2.24, 2.45) is 0 Å². The Morgan fingerprint density at radius 1 is 0.547 bits per heavy atom. The SMILES string of the molecule is CC(C)P1c2cc3cccnc3cc2N(C)c2cc3ncccc3cc2[PH](C)(C(C)C)c2cc3cncnc3cc2N(C)c2cc3ncncc3cc21. The van der Waals surface area contributed by atoms with E-state index in [1.165, 1.54) is 32.6 Å². The molecule has 1 aliphatic rings. The molecular formula is C43H42N8P2. The fraction of sp³-hybridized carbons (Fsp3) is 0.209. The van der Waals surface area contributed by atoms with Crippen molar-refractivity contribution in [2.45, 2.75) is 39.0 Å². The Balaban J connectivity index is 1.50. The first kappa shape index (κ1) is 33.7. The van der Waals surface area contributed by atoms with Gasteiger partial charge in [0.15, 0.2) is 0 Å². The molecule has 4 aromatic heterocycles. The monoisotopic (exact) mass is 732 g/mol. The van der Waals surface area contributed by atoms with Gasteiger partial charge in [0.2, 0.25) is 0 Å². The van der Waals surface area contributed by atoms with Crippen molar-refractivity contribution in [2.75, 3.05) is 30.6 Å². The predicted molar refractivity (Wildman–Crippen MR) is 229 cm³/mol. The quantitative estimate of drug-likeness (QED) is 0.165. The van der Waals surface area contributed by atoms with Gasteiger partial charge in [0.25, 0.3) is 0 Å². The van der Waals surface area contributed by atoms with Crippen LogP contribution in [-0.4, -0.2) is 62.0 Å². The molecule has 4 aromatic carbocycles. The van der Waals surface area contributed by atoms with Crippen molar-refractivity contribution in [3.63, 3.8) is 0 Å². The van der Waals surface area contributed by atoms with Crippen molar-refractivity contribution in [1.82, 2.24) is 29.9 Å². The third-order valence-electron chi connectivity index (χ3n) is 11.4. The maximum absolute atomic E-state index is 4.89. The summed E-state index contributed by atoms with van der Waals surface area (Å²) in [6.07, 6.45) is 11.0. The van der Waals surface area contributed by atoms with Gasteiger partial charge in [-0.2, -0.15) is 0 Å². The summed E-state index contributed by atoms with van der Waals surface area (Å²) < 4.78 is 0. The molecule has 0 amide bonds. The van der Waals surface area contributed by atoms with Crippen LogP contribution in [0.1, 0.15) is 27.7 Å². The fourth-order valence-electron chi connectivity index (χ4n) is 8.25. The predicted octanol–water partition coefficient (Wildman–Crippen LogP) is 8.10. The fourth-order valence-corrected chi connectivity index (χ4v) is 15.1. The molecule has 0 saturated heterocycles. The van der Waals surface area contributed by atoms with Gasteiger partial charge in [-0.05, 0) is 0 Å². The Morgan fingerprint density at radius 3 is 1.49 bits per heavy atom. The van der Waals surface area contributed by atoms with Crippen LogP contribution in [-0.2, 0) is 0 Å². The van der Waals surface area contributed by atoms with Gasteiger partial charge in [-0.3, -0.25) is 0 Å². The van der Waals surface area contributed by atoms with Crippen LogP contribution in [0.4, 0.5) is 22.7 Å². The van der Waals surface area contributed by atoms with E-state index >= 15 is 0 Å². The van der Waals surface area contributed by atoms with Gasteiger partial charge in [-0.25, -0.2) is 0 Å². The Labute approximate surface area is 311 Å². The number of hydrogen-bond donors (Lipinski definition) is 0. The molecule has 0 spiro atoms. The molecule has 8 aromatic rings. The van der Waals surface area contributed by atoms with Crippen LogP contribution >= 0.6 is 15.2 Å². The number of hydrogen-bond acceptors (Lipinski definition) is 8. The van der Waals surface area contributed by atoms with Gasteiger partial charge in [0, 0.05) is 0 Å². The molecule has 5 heterocycles. The average Bonchev–Trinajstić information content (AvgIpc) is 3.18. The number of fused-ring (bicyclic) bond motifs is 8. The molecule has 0 N–H and O–H groups in total. The number of anilines is 4. The third kappa shape index (κ3) is 5.34. The van der Waals surface area contributed by atoms with Gasteiger partial charge in [0.1, 0.15) is 0 Å². The van der Waals surface area contributed by atoms with E-state index in [0.29, 0.717) is 11.3 Å². The summed E-state index contributed by atoms with van der Waals surface area (Å²) in [4.78, 5) is 33.2. The van der Waals surface area contributed by atoms with Gasteiger partial charge >= 0.3 is 312 Å². The minimum atomic E-state index is -2.64. The zero-order chi connectivity index (χ0) is 36.6. The molecule has 1 atom stereocenters. The Morgan fingerprint density at radius 2 is 0.981 bits per heavy atom. The van der Waals surface area contributed by atoms with E-state index in [1.54, 1.807) is 12.7 Å². The topological polar surface area (TPSA) is 83.8 Å². The number of aromatic nitrogens is 6. The van der Waals surface area contributed by atoms with E-state index in [-0.39, 0.29) is 0 Å². The van der Waals surface area contributed by atoms with E-state index in [0.717, 1.165) is 55.0 Å². The van der Waals surface area contributed by atoms with Crippen LogP contribution in [0.3, 0.4) is 0 Å². The number of benzene rings is 4. The van der Waals surface area contributed by atoms with Gasteiger partial charge in [-0.15, -0.1) is 0 Å². The average molecular weight is 733 g/mol. The maximum atomic E-state index is 4.89. The molecule has 0 bridgehead atoms. The summed E-state index contributed by atoms with van der Waals surface area (Å²) in [5.74, 6) is 0. The second-order valence-corrected chi connectivity index (χ2v) is 22.3. The standard InChI is InChI=1S/C43H42N8P2/c1-26(2)52-40-14-28-10-8-12-46-32(28)18-36(40)50(5)38-20-33-29(11-9-13-47-33)16-42(38)53(7,27(3)4)43-17-31-23-45-25-49-35(31)21-39(43)51(6)37-19-34-30(15-41(37)52)22-44-24-48-34/h8-27,53H,1-7H3. The van der Waals surface area contributed by atoms with Crippen molar-refractivity contribution in [3.8, 4) is 0 Å². The van der Waals surface area contributed by atoms with Crippen molar-refractivity contribution in [1.29, 1.82) is 0 Å². The summed E-state index contributed by atoms with van der Waals surface area (Å²) in [7, 11) is 0.897. The van der Waals surface area contributed by atoms with E-state index in [1.807, 2.05) is 36.9 Å². The molecule has 0 fully saturated rings. The Hall–Kier alpha value is -5.16. The summed E-state index contributed by atoms with van der Waals surface area (Å²) in [6, 6.07) is 27.2. The first-order valence-electron chi connectivity index (χ1n) is 18.2. The Bertz CT molecular complexity index is 2560. The molecule has 0 aliphatic carbocycles. The van der Waals surface area contributed by atoms with Gasteiger partial charge < -0.3 is 0 Å². The number of rotatable bonds is 2. The molecule has 0 radical (unpaired) electrons. The summed E-state index contributed by atoms with van der Waals surface area (Å²) in [5.41, 5.74) is 9.11. The van der Waals surface area contributed by atoms with E-state index < -0.39 is 15.2 Å². The van der Waals surface area contributed by atoms with Gasteiger partial charge in [0.05, 0.1) is 0 Å². The van der Waals surface area contributed by atoms with Crippen LogP contribution < -0.4 is 31.0 Å². The summed E-state index contributed by atoms with van der Waals surface area (Å²) in [6.45, 7) is 12.0. The normalized spacial score (nSPS) is 16.3. The molecule has 0 saturated carbocycles. The summed E-state index contributed by atoms with van der Waals surface area (Å²) in [5, 5.41) is 9.68. The van der Waals surface area contributed by atoms with Crippen LogP contribution in [0.5, 0.6) is 0 Å². The van der Waals surface area contributed by atoms with E-state index in [9.17, 15) is 0 Å². The summed E-state index contributed by atoms with van der Waals surface area (Å²) >= 11 is 0. The zero-order valence-corrected chi connectivity index (χ0v) is 33.0. The molecule has 1 unspecified atom stereocenters. The first-order valence-corrected chi connectivity index (χ1v) is 22.1. The van der Waals surface area contributed by atoms with Crippen molar-refractivity contribution in [3.05, 3.63) is 110 Å². The van der Waals surface area contributed by atoms with Crippen LogP contribution in [0, 0.1) is 0 Å². The number of pyridine rings is 2. The van der Waals surface area contributed by atoms with Crippen LogP contribution in [0.25, 0.3) is 43.6 Å². The van der Waals surface area contributed by atoms with E-state index in [4.69, 9.17) is 19.9 Å². The molecule has 9 rings (SSSR count).